The first-order valence-electron chi connectivity index (χ1n) is 11.6. The third-order valence-electron chi connectivity index (χ3n) is 7.24. The second-order valence-electron chi connectivity index (χ2n) is 9.64. The Labute approximate surface area is 225 Å². The zero-order valence-corrected chi connectivity index (χ0v) is 20.6. The van der Waals surface area contributed by atoms with Crippen LogP contribution in [0.15, 0.2) is 23.7 Å². The van der Waals surface area contributed by atoms with Crippen molar-refractivity contribution in [1.82, 2.24) is 0 Å². The molecule has 0 nitrogen and oxygen atoms in total. The van der Waals surface area contributed by atoms with Crippen LogP contribution in [0.2, 0.25) is 0 Å². The van der Waals surface area contributed by atoms with Crippen LogP contribution in [-0.4, -0.2) is 6.15 Å². The number of hydrogen-bond acceptors (Lipinski definition) is 0. The van der Waals surface area contributed by atoms with Crippen molar-refractivity contribution in [3.05, 3.63) is 111 Å². The molecule has 0 radical (unpaired) electrons. The Morgan fingerprint density at radius 3 is 0.905 bits per heavy atom. The lowest BCUT2D eigenvalue weighted by molar-refractivity contribution is 0.379. The number of halogens is 15. The van der Waals surface area contributed by atoms with E-state index in [4.69, 9.17) is 0 Å². The summed E-state index contributed by atoms with van der Waals surface area (Å²) in [6.45, 7) is 2.45. The van der Waals surface area contributed by atoms with Crippen molar-refractivity contribution in [2.24, 2.45) is 11.8 Å². The SMILES string of the molecule is CC(C)C1C=CC=C1[B-](c1c(F)c(F)c(F)c(F)c1F)(c1c(F)c(F)c(F)c(F)c1F)c1c(F)c(F)c(F)c(F)c1F. The summed E-state index contributed by atoms with van der Waals surface area (Å²) in [6, 6.07) is 0. The van der Waals surface area contributed by atoms with Gasteiger partial charge in [-0.1, -0.05) is 26.0 Å². The Hall–Kier alpha value is -3.85. The van der Waals surface area contributed by atoms with Gasteiger partial charge in [-0.05, 0) is 11.8 Å². The molecule has 0 saturated heterocycles. The minimum absolute atomic E-state index is 0.513. The molecule has 0 aliphatic heterocycles. The van der Waals surface area contributed by atoms with E-state index in [1.54, 1.807) is 0 Å². The number of hydrogen-bond donors (Lipinski definition) is 0. The first-order valence-corrected chi connectivity index (χ1v) is 11.6. The Morgan fingerprint density at radius 2 is 0.667 bits per heavy atom. The summed E-state index contributed by atoms with van der Waals surface area (Å²) in [5, 5.41) is 0. The van der Waals surface area contributed by atoms with Gasteiger partial charge in [-0.15, -0.1) is 22.5 Å². The van der Waals surface area contributed by atoms with E-state index in [0.717, 1.165) is 12.2 Å². The van der Waals surface area contributed by atoms with Crippen molar-refractivity contribution in [3.8, 4) is 0 Å². The van der Waals surface area contributed by atoms with Crippen LogP contribution in [0.4, 0.5) is 65.9 Å². The Balaban J connectivity index is 2.54. The third-order valence-corrected chi connectivity index (χ3v) is 7.24. The van der Waals surface area contributed by atoms with Crippen LogP contribution in [0.25, 0.3) is 0 Å². The average molecular weight is 619 g/mol. The summed E-state index contributed by atoms with van der Waals surface area (Å²) in [6.07, 6.45) is -3.37. The summed E-state index contributed by atoms with van der Waals surface area (Å²) in [4.78, 5) is 0. The first-order chi connectivity index (χ1) is 19.5. The van der Waals surface area contributed by atoms with Crippen LogP contribution in [-0.2, 0) is 0 Å². The molecule has 1 atom stereocenters. The van der Waals surface area contributed by atoms with Gasteiger partial charge in [-0.25, -0.2) is 71.3 Å². The molecular weight excluding hydrogens is 608 g/mol. The highest BCUT2D eigenvalue weighted by Gasteiger charge is 2.51. The van der Waals surface area contributed by atoms with Gasteiger partial charge in [0.2, 0.25) is 0 Å². The van der Waals surface area contributed by atoms with Crippen LogP contribution in [0.5, 0.6) is 0 Å². The fraction of sp³-hybridized carbons (Fsp3) is 0.154. The molecule has 224 valence electrons. The Morgan fingerprint density at radius 1 is 0.429 bits per heavy atom. The molecule has 3 aromatic carbocycles. The molecule has 0 N–H and O–H groups in total. The topological polar surface area (TPSA) is 0 Å². The minimum atomic E-state index is -5.70. The molecule has 1 aliphatic carbocycles. The molecule has 0 heterocycles. The van der Waals surface area contributed by atoms with Gasteiger partial charge in [0.25, 0.3) is 0 Å². The summed E-state index contributed by atoms with van der Waals surface area (Å²) in [5.74, 6) is -47.8. The fourth-order valence-electron chi connectivity index (χ4n) is 5.49. The molecule has 0 spiro atoms. The molecule has 3 aromatic rings. The average Bonchev–Trinajstić information content (AvgIpc) is 3.45. The van der Waals surface area contributed by atoms with E-state index >= 15 is 26.3 Å². The molecule has 4 rings (SSSR count). The van der Waals surface area contributed by atoms with Crippen molar-refractivity contribution in [2.45, 2.75) is 13.8 Å². The van der Waals surface area contributed by atoms with Crippen LogP contribution < -0.4 is 16.4 Å². The van der Waals surface area contributed by atoms with Gasteiger partial charge in [0, 0.05) is 0 Å². The largest absolute Gasteiger partial charge is 0.209 e. The number of allylic oxidation sites excluding steroid dienone is 4. The van der Waals surface area contributed by atoms with E-state index in [9.17, 15) is 39.5 Å². The number of benzene rings is 3. The summed E-state index contributed by atoms with van der Waals surface area (Å²) < 4.78 is 223. The Bertz CT molecular complexity index is 1470. The van der Waals surface area contributed by atoms with E-state index in [-0.39, 0.29) is 0 Å². The van der Waals surface area contributed by atoms with E-state index in [2.05, 4.69) is 0 Å². The lowest BCUT2D eigenvalue weighted by Crippen LogP contribution is -2.75. The summed E-state index contributed by atoms with van der Waals surface area (Å²) in [5.41, 5.74) is -9.09. The molecular formula is C26H11BF15-. The third kappa shape index (κ3) is 3.97. The summed E-state index contributed by atoms with van der Waals surface area (Å²) >= 11 is 0. The van der Waals surface area contributed by atoms with Gasteiger partial charge >= 0.3 is 0 Å². The second-order valence-corrected chi connectivity index (χ2v) is 9.64. The van der Waals surface area contributed by atoms with Crippen LogP contribution >= 0.6 is 0 Å². The van der Waals surface area contributed by atoms with Crippen molar-refractivity contribution in [1.29, 1.82) is 0 Å². The fourth-order valence-corrected chi connectivity index (χ4v) is 5.49. The van der Waals surface area contributed by atoms with E-state index in [1.165, 1.54) is 13.8 Å². The molecule has 0 aromatic heterocycles. The van der Waals surface area contributed by atoms with Gasteiger partial charge in [-0.2, -0.15) is 0 Å². The highest BCUT2D eigenvalue weighted by Crippen LogP contribution is 2.38. The molecule has 42 heavy (non-hydrogen) atoms. The van der Waals surface area contributed by atoms with Gasteiger partial charge in [-0.3, -0.25) is 0 Å². The first kappa shape index (κ1) is 31.1. The lowest BCUT2D eigenvalue weighted by Gasteiger charge is -2.48. The van der Waals surface area contributed by atoms with Crippen molar-refractivity contribution in [3.63, 3.8) is 0 Å². The van der Waals surface area contributed by atoms with Gasteiger partial charge in [0.1, 0.15) is 41.0 Å². The van der Waals surface area contributed by atoms with Gasteiger partial charge < -0.3 is 0 Å². The highest BCUT2D eigenvalue weighted by molar-refractivity contribution is 7.16. The lowest BCUT2D eigenvalue weighted by atomic mass is 9.11. The van der Waals surface area contributed by atoms with Crippen molar-refractivity contribution >= 4 is 22.5 Å². The highest BCUT2D eigenvalue weighted by atomic mass is 19.2. The maximum Gasteiger partial charge on any atom is 0.200 e. The monoisotopic (exact) mass is 619 g/mol. The smallest absolute Gasteiger partial charge is 0.200 e. The Kier molecular flexibility index (Phi) is 7.74. The normalized spacial score (nSPS) is 15.3. The van der Waals surface area contributed by atoms with E-state index in [1.807, 2.05) is 0 Å². The predicted octanol–water partition coefficient (Wildman–Crippen LogP) is 6.55. The van der Waals surface area contributed by atoms with Gasteiger partial charge in [0.15, 0.2) is 52.4 Å². The standard InChI is InChI=1S/C26H11BF15/c1-6(2)7-4-3-5-8(7)27(9-12(28)18(34)24(40)19(35)13(9)29,10-14(30)20(36)25(41)21(37)15(10)31)11-16(32)22(38)26(42)23(39)17(11)33/h3-7H,1-2H3/q-1. The minimum Gasteiger partial charge on any atom is -0.209 e. The zero-order chi connectivity index (χ0) is 31.7. The number of rotatable bonds is 5. The quantitative estimate of drug-likeness (QED) is 0.132. The maximum atomic E-state index is 15.6. The molecule has 1 aliphatic rings. The second kappa shape index (κ2) is 10.5. The van der Waals surface area contributed by atoms with Gasteiger partial charge in [0.05, 0.1) is 0 Å². The van der Waals surface area contributed by atoms with Crippen molar-refractivity contribution in [2.75, 3.05) is 0 Å². The van der Waals surface area contributed by atoms with Crippen LogP contribution in [0.3, 0.4) is 0 Å². The van der Waals surface area contributed by atoms with Crippen LogP contribution in [0, 0.1) is 99.1 Å². The molecule has 0 fully saturated rings. The molecule has 0 saturated carbocycles. The van der Waals surface area contributed by atoms with Crippen molar-refractivity contribution < 1.29 is 65.9 Å². The van der Waals surface area contributed by atoms with Crippen LogP contribution in [0.1, 0.15) is 13.8 Å². The maximum absolute atomic E-state index is 15.6. The molecule has 1 unspecified atom stereocenters. The van der Waals surface area contributed by atoms with E-state index in [0.29, 0.717) is 6.08 Å². The molecule has 16 heteroatoms. The summed E-state index contributed by atoms with van der Waals surface area (Å²) in [7, 11) is 0. The molecule has 0 bridgehead atoms. The zero-order valence-electron chi connectivity index (χ0n) is 20.6. The molecule has 0 amide bonds. The van der Waals surface area contributed by atoms with E-state index < -0.39 is 127 Å². The predicted molar refractivity (Wildman–Crippen MR) is 119 cm³/mol.